The van der Waals surface area contributed by atoms with Crippen LogP contribution < -0.4 is 5.32 Å². The number of rotatable bonds is 5. The lowest BCUT2D eigenvalue weighted by Crippen LogP contribution is -2.14. The maximum atomic E-state index is 10.6. The summed E-state index contributed by atoms with van der Waals surface area (Å²) in [4.78, 5) is 14.7. The first-order valence-corrected chi connectivity index (χ1v) is 5.52. The van der Waals surface area contributed by atoms with Gasteiger partial charge in [-0.05, 0) is 18.2 Å². The lowest BCUT2D eigenvalue weighted by molar-refractivity contribution is 0.0696. The Labute approximate surface area is 104 Å². The summed E-state index contributed by atoms with van der Waals surface area (Å²) in [6, 6.07) is 5.19. The third kappa shape index (κ3) is 3.14. The second kappa shape index (κ2) is 5.42. The van der Waals surface area contributed by atoms with E-state index < -0.39 is 5.97 Å². The van der Waals surface area contributed by atoms with Crippen molar-refractivity contribution in [2.75, 3.05) is 0 Å². The molecule has 0 radical (unpaired) electrons. The molecule has 2 heterocycles. The summed E-state index contributed by atoms with van der Waals surface area (Å²) < 4.78 is 1.75. The van der Waals surface area contributed by atoms with E-state index in [1.807, 2.05) is 19.3 Å². The van der Waals surface area contributed by atoms with Crippen LogP contribution in [0.5, 0.6) is 0 Å². The zero-order chi connectivity index (χ0) is 13.0. The van der Waals surface area contributed by atoms with Crippen LogP contribution in [0.4, 0.5) is 0 Å². The monoisotopic (exact) mass is 246 g/mol. The first-order chi connectivity index (χ1) is 8.65. The summed E-state index contributed by atoms with van der Waals surface area (Å²) in [5, 5.41) is 16.2. The van der Waals surface area contributed by atoms with Crippen molar-refractivity contribution in [2.45, 2.75) is 13.1 Å². The van der Waals surface area contributed by atoms with Crippen molar-refractivity contribution in [1.82, 2.24) is 20.1 Å². The predicted molar refractivity (Wildman–Crippen MR) is 64.9 cm³/mol. The number of nitrogens with one attached hydrogen (secondary N) is 1. The predicted octanol–water partition coefficient (Wildman–Crippen LogP) is 0.803. The van der Waals surface area contributed by atoms with Gasteiger partial charge in [0.05, 0.1) is 17.0 Å². The highest BCUT2D eigenvalue weighted by Crippen LogP contribution is 2.01. The van der Waals surface area contributed by atoms with Crippen LogP contribution in [-0.4, -0.2) is 25.8 Å². The Kier molecular flexibility index (Phi) is 3.69. The van der Waals surface area contributed by atoms with E-state index in [-0.39, 0.29) is 5.56 Å². The summed E-state index contributed by atoms with van der Waals surface area (Å²) in [5.74, 6) is -0.963. The molecule has 6 nitrogen and oxygen atoms in total. The van der Waals surface area contributed by atoms with Gasteiger partial charge >= 0.3 is 5.97 Å². The zero-order valence-electron chi connectivity index (χ0n) is 10.00. The van der Waals surface area contributed by atoms with E-state index in [1.165, 1.54) is 6.20 Å². The topological polar surface area (TPSA) is 80.0 Å². The highest BCUT2D eigenvalue weighted by molar-refractivity contribution is 5.87. The van der Waals surface area contributed by atoms with Gasteiger partial charge in [0.25, 0.3) is 0 Å². The van der Waals surface area contributed by atoms with Crippen LogP contribution in [0.1, 0.15) is 21.7 Å². The molecule has 0 saturated heterocycles. The van der Waals surface area contributed by atoms with Crippen molar-refractivity contribution < 1.29 is 9.90 Å². The van der Waals surface area contributed by atoms with Crippen LogP contribution in [0.3, 0.4) is 0 Å². The molecule has 0 saturated carbocycles. The summed E-state index contributed by atoms with van der Waals surface area (Å²) >= 11 is 0. The van der Waals surface area contributed by atoms with E-state index in [1.54, 1.807) is 16.8 Å². The fourth-order valence-corrected chi connectivity index (χ4v) is 1.53. The maximum Gasteiger partial charge on any atom is 0.337 e. The molecular weight excluding hydrogens is 232 g/mol. The Morgan fingerprint density at radius 2 is 2.11 bits per heavy atom. The van der Waals surface area contributed by atoms with Gasteiger partial charge in [-0.3, -0.25) is 9.67 Å². The van der Waals surface area contributed by atoms with Crippen molar-refractivity contribution in [3.8, 4) is 0 Å². The lowest BCUT2D eigenvalue weighted by Gasteiger charge is -2.02. The molecule has 18 heavy (non-hydrogen) atoms. The van der Waals surface area contributed by atoms with E-state index in [4.69, 9.17) is 5.11 Å². The highest BCUT2D eigenvalue weighted by atomic mass is 16.4. The van der Waals surface area contributed by atoms with Crippen LogP contribution in [0, 0.1) is 0 Å². The number of hydrogen-bond donors (Lipinski definition) is 2. The van der Waals surface area contributed by atoms with Crippen molar-refractivity contribution >= 4 is 5.97 Å². The third-order valence-corrected chi connectivity index (χ3v) is 2.45. The van der Waals surface area contributed by atoms with E-state index in [9.17, 15) is 4.79 Å². The van der Waals surface area contributed by atoms with Crippen LogP contribution in [0.15, 0.2) is 30.6 Å². The normalized spacial score (nSPS) is 10.5. The summed E-state index contributed by atoms with van der Waals surface area (Å²) in [6.45, 7) is 1.24. The SMILES string of the molecule is Cn1ccc(CNCc2ccc(C(=O)O)cn2)n1. The number of aromatic nitrogens is 3. The van der Waals surface area contributed by atoms with Crippen molar-refractivity contribution in [1.29, 1.82) is 0 Å². The number of aryl methyl sites for hydroxylation is 1. The number of carboxylic acid groups (broad SMARTS) is 1. The van der Waals surface area contributed by atoms with Crippen LogP contribution in [-0.2, 0) is 20.1 Å². The number of aromatic carboxylic acids is 1. The van der Waals surface area contributed by atoms with Gasteiger partial charge in [0.2, 0.25) is 0 Å². The molecule has 0 unspecified atom stereocenters. The van der Waals surface area contributed by atoms with Gasteiger partial charge in [-0.15, -0.1) is 0 Å². The van der Waals surface area contributed by atoms with E-state index in [0.717, 1.165) is 11.4 Å². The molecule has 2 aromatic heterocycles. The molecule has 0 fully saturated rings. The van der Waals surface area contributed by atoms with E-state index >= 15 is 0 Å². The van der Waals surface area contributed by atoms with Gasteiger partial charge in [-0.1, -0.05) is 0 Å². The molecule has 0 aromatic carbocycles. The molecule has 0 spiro atoms. The number of carbonyl (C=O) groups is 1. The Morgan fingerprint density at radius 3 is 2.67 bits per heavy atom. The van der Waals surface area contributed by atoms with Crippen LogP contribution >= 0.6 is 0 Å². The first kappa shape index (κ1) is 12.3. The largest absolute Gasteiger partial charge is 0.478 e. The fourth-order valence-electron chi connectivity index (χ4n) is 1.53. The second-order valence-corrected chi connectivity index (χ2v) is 3.93. The molecule has 0 aliphatic rings. The Morgan fingerprint density at radius 1 is 1.33 bits per heavy atom. The minimum Gasteiger partial charge on any atom is -0.478 e. The number of hydrogen-bond acceptors (Lipinski definition) is 4. The summed E-state index contributed by atoms with van der Waals surface area (Å²) in [6.07, 6.45) is 3.25. The van der Waals surface area contributed by atoms with Crippen molar-refractivity contribution in [2.24, 2.45) is 7.05 Å². The van der Waals surface area contributed by atoms with Gasteiger partial charge in [-0.2, -0.15) is 5.10 Å². The zero-order valence-corrected chi connectivity index (χ0v) is 10.00. The Balaban J connectivity index is 1.85. The molecule has 6 heteroatoms. The van der Waals surface area contributed by atoms with Gasteiger partial charge in [0, 0.05) is 32.5 Å². The average molecular weight is 246 g/mol. The van der Waals surface area contributed by atoms with E-state index in [0.29, 0.717) is 13.1 Å². The van der Waals surface area contributed by atoms with Gasteiger partial charge in [0.1, 0.15) is 0 Å². The van der Waals surface area contributed by atoms with Gasteiger partial charge < -0.3 is 10.4 Å². The molecule has 0 bridgehead atoms. The Bertz CT molecular complexity index is 533. The molecule has 0 atom stereocenters. The smallest absolute Gasteiger partial charge is 0.337 e. The molecule has 0 aliphatic carbocycles. The molecule has 2 aromatic rings. The standard InChI is InChI=1S/C12H14N4O2/c1-16-5-4-11(15-16)8-13-7-10-3-2-9(6-14-10)12(17)18/h2-6,13H,7-8H2,1H3,(H,17,18). The van der Waals surface area contributed by atoms with Gasteiger partial charge in [-0.25, -0.2) is 4.79 Å². The van der Waals surface area contributed by atoms with Crippen molar-refractivity contribution in [3.05, 3.63) is 47.5 Å². The Hall–Kier alpha value is -2.21. The first-order valence-electron chi connectivity index (χ1n) is 5.52. The molecule has 94 valence electrons. The minimum atomic E-state index is -0.963. The van der Waals surface area contributed by atoms with Crippen molar-refractivity contribution in [3.63, 3.8) is 0 Å². The van der Waals surface area contributed by atoms with E-state index in [2.05, 4.69) is 15.4 Å². The lowest BCUT2D eigenvalue weighted by atomic mass is 10.2. The molecule has 2 rings (SSSR count). The fraction of sp³-hybridized carbons (Fsp3) is 0.250. The van der Waals surface area contributed by atoms with Gasteiger partial charge in [0.15, 0.2) is 0 Å². The summed E-state index contributed by atoms with van der Waals surface area (Å²) in [7, 11) is 1.87. The molecule has 0 amide bonds. The summed E-state index contributed by atoms with van der Waals surface area (Å²) in [5.41, 5.74) is 1.96. The molecule has 0 aliphatic heterocycles. The highest BCUT2D eigenvalue weighted by Gasteiger charge is 2.03. The minimum absolute atomic E-state index is 0.198. The maximum absolute atomic E-state index is 10.6. The molecular formula is C12H14N4O2. The third-order valence-electron chi connectivity index (χ3n) is 2.45. The number of carboxylic acids is 1. The quantitative estimate of drug-likeness (QED) is 0.815. The van der Waals surface area contributed by atoms with Crippen LogP contribution in [0.2, 0.25) is 0 Å². The average Bonchev–Trinajstić information content (AvgIpc) is 2.76. The number of pyridine rings is 1. The van der Waals surface area contributed by atoms with Crippen LogP contribution in [0.25, 0.3) is 0 Å². The number of nitrogens with zero attached hydrogens (tertiary/aromatic N) is 3. The molecule has 2 N–H and O–H groups in total. The second-order valence-electron chi connectivity index (χ2n) is 3.93.